The van der Waals surface area contributed by atoms with E-state index in [4.69, 9.17) is 0 Å². The first-order valence-corrected chi connectivity index (χ1v) is 8.28. The highest BCUT2D eigenvalue weighted by molar-refractivity contribution is 6.10. The van der Waals surface area contributed by atoms with Crippen molar-refractivity contribution in [2.45, 2.75) is 0 Å². The van der Waals surface area contributed by atoms with Crippen LogP contribution in [0, 0.1) is 0 Å². The minimum atomic E-state index is -1.39. The molecule has 0 radical (unpaired) electrons. The molecule has 132 valence electrons. The third-order valence-corrected chi connectivity index (χ3v) is 4.17. The van der Waals surface area contributed by atoms with Crippen molar-refractivity contribution in [3.05, 3.63) is 90.3 Å². The van der Waals surface area contributed by atoms with Gasteiger partial charge in [0, 0.05) is 34.8 Å². The molecule has 0 aliphatic carbocycles. The lowest BCUT2D eigenvalue weighted by Gasteiger charge is -2.11. The Balaban J connectivity index is 1.63. The van der Waals surface area contributed by atoms with Gasteiger partial charge < -0.3 is 19.6 Å². The zero-order chi connectivity index (χ0) is 18.8. The van der Waals surface area contributed by atoms with Crippen LogP contribution in [-0.2, 0) is 0 Å². The number of anilines is 1. The largest absolute Gasteiger partial charge is 0.545 e. The van der Waals surface area contributed by atoms with Gasteiger partial charge in [-0.15, -0.1) is 0 Å². The number of benzene rings is 2. The minimum absolute atomic E-state index is 0.0515. The number of nitrogens with one attached hydrogen (secondary N) is 1. The zero-order valence-corrected chi connectivity index (χ0v) is 14.1. The molecule has 2 aromatic carbocycles. The van der Waals surface area contributed by atoms with Crippen molar-refractivity contribution < 1.29 is 14.7 Å². The Kier molecular flexibility index (Phi) is 4.14. The number of hydrogen-bond acceptors (Lipinski definition) is 4. The second kappa shape index (κ2) is 6.76. The summed E-state index contributed by atoms with van der Waals surface area (Å²) in [7, 11) is 0. The van der Waals surface area contributed by atoms with Crippen LogP contribution in [0.5, 0.6) is 0 Å². The normalized spacial score (nSPS) is 10.7. The van der Waals surface area contributed by atoms with Crippen LogP contribution in [0.15, 0.2) is 79.1 Å². The monoisotopic (exact) mass is 356 g/mol. The molecule has 0 saturated carbocycles. The summed E-state index contributed by atoms with van der Waals surface area (Å²) in [5.74, 6) is -1.90. The number of rotatable bonds is 4. The third kappa shape index (κ3) is 3.28. The highest BCUT2D eigenvalue weighted by Gasteiger charge is 2.12. The minimum Gasteiger partial charge on any atom is -0.545 e. The van der Waals surface area contributed by atoms with Crippen LogP contribution < -0.4 is 10.4 Å². The lowest BCUT2D eigenvalue weighted by atomic mass is 10.1. The second-order valence-corrected chi connectivity index (χ2v) is 5.96. The summed E-state index contributed by atoms with van der Waals surface area (Å²) in [4.78, 5) is 28.3. The Bertz CT molecular complexity index is 1130. The number of pyridine rings is 1. The van der Waals surface area contributed by atoms with E-state index in [0.717, 1.165) is 16.9 Å². The average molecular weight is 356 g/mol. The van der Waals surface area contributed by atoms with Gasteiger partial charge in [-0.2, -0.15) is 0 Å². The van der Waals surface area contributed by atoms with E-state index < -0.39 is 11.9 Å². The molecular formula is C21H14N3O3-. The fourth-order valence-electron chi connectivity index (χ4n) is 2.89. The molecule has 0 saturated heterocycles. The number of hydrogen-bond donors (Lipinski definition) is 1. The van der Waals surface area contributed by atoms with Gasteiger partial charge in [0.2, 0.25) is 0 Å². The van der Waals surface area contributed by atoms with Crippen molar-refractivity contribution in [1.82, 2.24) is 9.38 Å². The molecule has 27 heavy (non-hydrogen) atoms. The van der Waals surface area contributed by atoms with Crippen LogP contribution in [0.1, 0.15) is 20.7 Å². The lowest BCUT2D eigenvalue weighted by Crippen LogP contribution is -2.26. The first kappa shape index (κ1) is 16.5. The predicted octanol–water partition coefficient (Wildman–Crippen LogP) is 2.62. The Labute approximate surface area is 154 Å². The van der Waals surface area contributed by atoms with Crippen molar-refractivity contribution in [2.24, 2.45) is 0 Å². The van der Waals surface area contributed by atoms with Crippen LogP contribution in [-0.4, -0.2) is 21.3 Å². The summed E-state index contributed by atoms with van der Waals surface area (Å²) < 4.78 is 1.91. The molecule has 0 aliphatic heterocycles. The van der Waals surface area contributed by atoms with Crippen LogP contribution in [0.2, 0.25) is 0 Å². The molecule has 1 amide bonds. The smallest absolute Gasteiger partial charge is 0.256 e. The van der Waals surface area contributed by atoms with E-state index in [-0.39, 0.29) is 11.1 Å². The van der Waals surface area contributed by atoms with Gasteiger partial charge in [0.25, 0.3) is 5.91 Å². The van der Waals surface area contributed by atoms with Gasteiger partial charge in [-0.3, -0.25) is 4.79 Å². The summed E-state index contributed by atoms with van der Waals surface area (Å²) in [6.07, 6.45) is 3.82. The number of carbonyl (C=O) groups is 2. The molecule has 4 rings (SSSR count). The van der Waals surface area contributed by atoms with E-state index in [9.17, 15) is 14.7 Å². The Hall–Kier alpha value is -3.93. The molecule has 6 nitrogen and oxygen atoms in total. The molecule has 4 aromatic rings. The Morgan fingerprint density at radius 3 is 2.48 bits per heavy atom. The maximum atomic E-state index is 12.5. The molecule has 0 bridgehead atoms. The highest BCUT2D eigenvalue weighted by Crippen LogP contribution is 2.23. The number of aromatic nitrogens is 2. The fourth-order valence-corrected chi connectivity index (χ4v) is 2.89. The van der Waals surface area contributed by atoms with Crippen LogP contribution >= 0.6 is 0 Å². The maximum Gasteiger partial charge on any atom is 0.256 e. The van der Waals surface area contributed by atoms with E-state index in [1.807, 2.05) is 41.1 Å². The number of aromatic carboxylic acids is 1. The number of amides is 1. The van der Waals surface area contributed by atoms with Gasteiger partial charge in [0.15, 0.2) is 0 Å². The van der Waals surface area contributed by atoms with Crippen molar-refractivity contribution in [2.75, 3.05) is 5.32 Å². The average Bonchev–Trinajstić information content (AvgIpc) is 3.12. The van der Waals surface area contributed by atoms with Crippen LogP contribution in [0.3, 0.4) is 0 Å². The number of carboxylic acids is 1. The summed E-state index contributed by atoms with van der Waals surface area (Å²) in [6.45, 7) is 0. The summed E-state index contributed by atoms with van der Waals surface area (Å²) in [5.41, 5.74) is 2.88. The van der Waals surface area contributed by atoms with Gasteiger partial charge in [0.05, 0.1) is 11.7 Å². The van der Waals surface area contributed by atoms with E-state index in [1.54, 1.807) is 30.3 Å². The van der Waals surface area contributed by atoms with Gasteiger partial charge in [0.1, 0.15) is 5.65 Å². The van der Waals surface area contributed by atoms with Gasteiger partial charge >= 0.3 is 0 Å². The van der Waals surface area contributed by atoms with E-state index in [0.29, 0.717) is 5.69 Å². The van der Waals surface area contributed by atoms with E-state index >= 15 is 0 Å². The lowest BCUT2D eigenvalue weighted by molar-refractivity contribution is -0.255. The number of nitrogens with zero attached hydrogens (tertiary/aromatic N) is 2. The van der Waals surface area contributed by atoms with E-state index in [1.165, 1.54) is 12.1 Å². The fraction of sp³-hybridized carbons (Fsp3) is 0. The maximum absolute atomic E-state index is 12.5. The summed E-state index contributed by atoms with van der Waals surface area (Å²) in [5, 5.41) is 13.9. The van der Waals surface area contributed by atoms with E-state index in [2.05, 4.69) is 10.3 Å². The molecule has 6 heteroatoms. The summed E-state index contributed by atoms with van der Waals surface area (Å²) >= 11 is 0. The number of imidazole rings is 1. The standard InChI is InChI=1S/C21H15N3O3/c25-20(16-8-1-2-9-17(16)21(26)27)22-15-7-5-6-14(12-15)18-13-24-11-4-3-10-19(24)23-18/h1-13H,(H,22,25)(H,26,27)/p-1. The topological polar surface area (TPSA) is 86.5 Å². The number of fused-ring (bicyclic) bond motifs is 1. The van der Waals surface area contributed by atoms with Crippen molar-refractivity contribution in [1.29, 1.82) is 0 Å². The molecule has 1 N–H and O–H groups in total. The summed E-state index contributed by atoms with van der Waals surface area (Å²) in [6, 6.07) is 18.9. The Morgan fingerprint density at radius 2 is 1.70 bits per heavy atom. The number of carboxylic acid groups (broad SMARTS) is 1. The molecule has 0 spiro atoms. The van der Waals surface area contributed by atoms with Gasteiger partial charge in [-0.05, 0) is 30.3 Å². The molecular weight excluding hydrogens is 342 g/mol. The quantitative estimate of drug-likeness (QED) is 0.609. The molecule has 2 aromatic heterocycles. The zero-order valence-electron chi connectivity index (χ0n) is 14.1. The second-order valence-electron chi connectivity index (χ2n) is 5.96. The third-order valence-electron chi connectivity index (χ3n) is 4.17. The molecule has 0 unspecified atom stereocenters. The number of carbonyl (C=O) groups excluding carboxylic acids is 2. The van der Waals surface area contributed by atoms with Crippen LogP contribution in [0.25, 0.3) is 16.9 Å². The van der Waals surface area contributed by atoms with Crippen molar-refractivity contribution in [3.63, 3.8) is 0 Å². The Morgan fingerprint density at radius 1 is 0.926 bits per heavy atom. The highest BCUT2D eigenvalue weighted by atomic mass is 16.4. The molecule has 0 fully saturated rings. The van der Waals surface area contributed by atoms with Crippen LogP contribution in [0.4, 0.5) is 5.69 Å². The first-order valence-electron chi connectivity index (χ1n) is 8.28. The SMILES string of the molecule is O=C([O-])c1ccccc1C(=O)Nc1cccc(-c2cn3ccccc3n2)c1. The molecule has 2 heterocycles. The van der Waals surface area contributed by atoms with Crippen molar-refractivity contribution in [3.8, 4) is 11.3 Å². The molecule has 0 atom stereocenters. The van der Waals surface area contributed by atoms with Gasteiger partial charge in [-0.1, -0.05) is 36.4 Å². The predicted molar refractivity (Wildman–Crippen MR) is 99.4 cm³/mol. The van der Waals surface area contributed by atoms with Gasteiger partial charge in [-0.25, -0.2) is 4.98 Å². The first-order chi connectivity index (χ1) is 13.1. The molecule has 0 aliphatic rings. The van der Waals surface area contributed by atoms with Crippen molar-refractivity contribution >= 4 is 23.2 Å².